The Kier molecular flexibility index (Phi) is 2.80. The molecule has 4 rings (SSSR count). The molecule has 3 aromatic heterocycles. The van der Waals surface area contributed by atoms with Crippen molar-refractivity contribution in [3.05, 3.63) is 47.7 Å². The third-order valence-corrected chi connectivity index (χ3v) is 3.48. The maximum absolute atomic E-state index is 6.10. The van der Waals surface area contributed by atoms with Gasteiger partial charge < -0.3 is 5.73 Å². The SMILES string of the molecule is Nc1nonc1-c1nc2cnccc2n1-c1cccc(Cl)c1. The molecule has 4 aromatic rings. The molecule has 8 heteroatoms. The van der Waals surface area contributed by atoms with E-state index >= 15 is 0 Å². The van der Waals surface area contributed by atoms with E-state index in [4.69, 9.17) is 22.0 Å². The molecule has 22 heavy (non-hydrogen) atoms. The summed E-state index contributed by atoms with van der Waals surface area (Å²) in [5, 5.41) is 8.07. The van der Waals surface area contributed by atoms with Crippen molar-refractivity contribution < 1.29 is 4.63 Å². The average molecular weight is 313 g/mol. The number of nitrogens with zero attached hydrogens (tertiary/aromatic N) is 5. The summed E-state index contributed by atoms with van der Waals surface area (Å²) in [5.41, 5.74) is 8.58. The van der Waals surface area contributed by atoms with Crippen molar-refractivity contribution in [2.75, 3.05) is 5.73 Å². The van der Waals surface area contributed by atoms with Gasteiger partial charge in [0.25, 0.3) is 0 Å². The van der Waals surface area contributed by atoms with Crippen LogP contribution in [0.2, 0.25) is 5.02 Å². The number of aromatic nitrogens is 5. The van der Waals surface area contributed by atoms with Gasteiger partial charge in [0.05, 0.1) is 11.7 Å². The molecule has 0 saturated carbocycles. The zero-order valence-corrected chi connectivity index (χ0v) is 11.9. The second-order valence-electron chi connectivity index (χ2n) is 4.61. The van der Waals surface area contributed by atoms with Crippen molar-refractivity contribution in [2.45, 2.75) is 0 Å². The number of fused-ring (bicyclic) bond motifs is 1. The molecular weight excluding hydrogens is 304 g/mol. The van der Waals surface area contributed by atoms with Crippen LogP contribution in [0.3, 0.4) is 0 Å². The van der Waals surface area contributed by atoms with E-state index in [0.29, 0.717) is 22.1 Å². The minimum atomic E-state index is 0.173. The minimum Gasteiger partial charge on any atom is -0.379 e. The summed E-state index contributed by atoms with van der Waals surface area (Å²) in [5.74, 6) is 0.690. The van der Waals surface area contributed by atoms with Gasteiger partial charge in [-0.25, -0.2) is 9.61 Å². The first kappa shape index (κ1) is 12.8. The van der Waals surface area contributed by atoms with Gasteiger partial charge in [-0.3, -0.25) is 9.55 Å². The molecule has 2 N–H and O–H groups in total. The molecule has 7 nitrogen and oxygen atoms in total. The lowest BCUT2D eigenvalue weighted by Crippen LogP contribution is -1.99. The van der Waals surface area contributed by atoms with Crippen molar-refractivity contribution in [1.29, 1.82) is 0 Å². The van der Waals surface area contributed by atoms with E-state index in [1.165, 1.54) is 0 Å². The summed E-state index contributed by atoms with van der Waals surface area (Å²) in [6, 6.07) is 9.27. The van der Waals surface area contributed by atoms with Gasteiger partial charge in [0.1, 0.15) is 5.52 Å². The van der Waals surface area contributed by atoms with E-state index in [1.54, 1.807) is 18.5 Å². The number of nitrogens with two attached hydrogens (primary N) is 1. The van der Waals surface area contributed by atoms with Crippen LogP contribution < -0.4 is 5.73 Å². The van der Waals surface area contributed by atoms with Crippen LogP contribution in [-0.4, -0.2) is 24.8 Å². The van der Waals surface area contributed by atoms with E-state index in [1.807, 2.05) is 28.8 Å². The van der Waals surface area contributed by atoms with Crippen LogP contribution in [-0.2, 0) is 0 Å². The van der Waals surface area contributed by atoms with Crippen molar-refractivity contribution in [3.63, 3.8) is 0 Å². The predicted molar refractivity (Wildman–Crippen MR) is 81.6 cm³/mol. The first-order valence-electron chi connectivity index (χ1n) is 6.41. The zero-order valence-electron chi connectivity index (χ0n) is 11.1. The fraction of sp³-hybridized carbons (Fsp3) is 0. The molecule has 3 heterocycles. The number of hydrogen-bond acceptors (Lipinski definition) is 6. The third-order valence-electron chi connectivity index (χ3n) is 3.25. The van der Waals surface area contributed by atoms with Gasteiger partial charge in [0.2, 0.25) is 0 Å². The number of anilines is 1. The van der Waals surface area contributed by atoms with Gasteiger partial charge >= 0.3 is 0 Å². The van der Waals surface area contributed by atoms with Crippen molar-refractivity contribution in [3.8, 4) is 17.2 Å². The molecule has 1 aromatic carbocycles. The summed E-state index contributed by atoms with van der Waals surface area (Å²) in [6.07, 6.45) is 3.36. The number of pyridine rings is 1. The molecule has 0 aliphatic carbocycles. The topological polar surface area (TPSA) is 95.7 Å². The molecule has 0 unspecified atom stereocenters. The largest absolute Gasteiger partial charge is 0.379 e. The summed E-state index contributed by atoms with van der Waals surface area (Å²) >= 11 is 6.10. The Morgan fingerprint density at radius 2 is 2.09 bits per heavy atom. The summed E-state index contributed by atoms with van der Waals surface area (Å²) in [7, 11) is 0. The zero-order chi connectivity index (χ0) is 15.1. The van der Waals surface area contributed by atoms with E-state index in [-0.39, 0.29) is 5.82 Å². The molecule has 0 atom stereocenters. The van der Waals surface area contributed by atoms with E-state index < -0.39 is 0 Å². The van der Waals surface area contributed by atoms with Crippen LogP contribution >= 0.6 is 11.6 Å². The lowest BCUT2D eigenvalue weighted by molar-refractivity contribution is 0.310. The Hall–Kier alpha value is -2.93. The number of hydrogen-bond donors (Lipinski definition) is 1. The van der Waals surface area contributed by atoms with Crippen molar-refractivity contribution in [2.24, 2.45) is 0 Å². The van der Waals surface area contributed by atoms with Crippen LogP contribution in [0.25, 0.3) is 28.2 Å². The van der Waals surface area contributed by atoms with Crippen LogP contribution in [0.4, 0.5) is 5.82 Å². The maximum Gasteiger partial charge on any atom is 0.199 e. The number of nitrogen functional groups attached to an aromatic ring is 1. The normalized spacial score (nSPS) is 11.1. The molecule has 0 saturated heterocycles. The van der Waals surface area contributed by atoms with E-state index in [9.17, 15) is 0 Å². The van der Waals surface area contributed by atoms with Crippen molar-refractivity contribution >= 4 is 28.5 Å². The summed E-state index contributed by atoms with van der Waals surface area (Å²) in [6.45, 7) is 0. The monoisotopic (exact) mass is 312 g/mol. The fourth-order valence-corrected chi connectivity index (χ4v) is 2.50. The molecule has 0 fully saturated rings. The van der Waals surface area contributed by atoms with E-state index in [0.717, 1.165) is 11.2 Å². The highest BCUT2D eigenvalue weighted by Gasteiger charge is 2.20. The Balaban J connectivity index is 2.09. The van der Waals surface area contributed by atoms with Crippen LogP contribution in [0.15, 0.2) is 47.4 Å². The highest BCUT2D eigenvalue weighted by Crippen LogP contribution is 2.30. The average Bonchev–Trinajstić information content (AvgIpc) is 3.10. The molecule has 0 radical (unpaired) electrons. The molecular formula is C14H9ClN6O. The highest BCUT2D eigenvalue weighted by molar-refractivity contribution is 6.30. The van der Waals surface area contributed by atoms with Gasteiger partial charge in [-0.2, -0.15) is 0 Å². The second-order valence-corrected chi connectivity index (χ2v) is 5.05. The van der Waals surface area contributed by atoms with Gasteiger partial charge in [-0.05, 0) is 34.6 Å². The molecule has 0 aliphatic heterocycles. The second kappa shape index (κ2) is 4.81. The lowest BCUT2D eigenvalue weighted by atomic mass is 10.3. The highest BCUT2D eigenvalue weighted by atomic mass is 35.5. The number of halogens is 1. The smallest absolute Gasteiger partial charge is 0.199 e. The Morgan fingerprint density at radius 3 is 2.86 bits per heavy atom. The summed E-state index contributed by atoms with van der Waals surface area (Å²) < 4.78 is 6.58. The molecule has 108 valence electrons. The predicted octanol–water partition coefficient (Wildman–Crippen LogP) is 2.71. The Labute approximate surface area is 129 Å². The summed E-state index contributed by atoms with van der Waals surface area (Å²) in [4.78, 5) is 8.63. The molecule has 0 aliphatic rings. The van der Waals surface area contributed by atoms with Crippen LogP contribution in [0.5, 0.6) is 0 Å². The van der Waals surface area contributed by atoms with Gasteiger partial charge in [-0.15, -0.1) is 0 Å². The first-order chi connectivity index (χ1) is 10.7. The quantitative estimate of drug-likeness (QED) is 0.611. The number of imidazole rings is 1. The number of rotatable bonds is 2. The van der Waals surface area contributed by atoms with Crippen LogP contribution in [0, 0.1) is 0 Å². The lowest BCUT2D eigenvalue weighted by Gasteiger charge is -2.08. The van der Waals surface area contributed by atoms with Crippen LogP contribution in [0.1, 0.15) is 0 Å². The number of benzene rings is 1. The van der Waals surface area contributed by atoms with Gasteiger partial charge in [-0.1, -0.05) is 17.7 Å². The Bertz CT molecular complexity index is 976. The van der Waals surface area contributed by atoms with Gasteiger partial charge in [0.15, 0.2) is 17.3 Å². The molecule has 0 spiro atoms. The van der Waals surface area contributed by atoms with Gasteiger partial charge in [0, 0.05) is 16.9 Å². The minimum absolute atomic E-state index is 0.173. The van der Waals surface area contributed by atoms with Crippen molar-refractivity contribution in [1.82, 2.24) is 24.8 Å². The fourth-order valence-electron chi connectivity index (χ4n) is 2.32. The Morgan fingerprint density at radius 1 is 1.18 bits per heavy atom. The first-order valence-corrected chi connectivity index (χ1v) is 6.78. The molecule has 0 bridgehead atoms. The maximum atomic E-state index is 6.10. The molecule has 0 amide bonds. The third kappa shape index (κ3) is 1.91. The van der Waals surface area contributed by atoms with E-state index in [2.05, 4.69) is 20.3 Å². The standard InChI is InChI=1S/C14H9ClN6O/c15-8-2-1-3-9(6-8)21-11-4-5-17-7-10(11)18-14(21)12-13(16)20-22-19-12/h1-7H,(H2,16,20).